The van der Waals surface area contributed by atoms with Crippen molar-refractivity contribution < 1.29 is 18.0 Å². The molecule has 0 spiro atoms. The van der Waals surface area contributed by atoms with E-state index in [-0.39, 0.29) is 17.3 Å². The molecule has 2 heterocycles. The zero-order valence-corrected chi connectivity index (χ0v) is 15.3. The van der Waals surface area contributed by atoms with Crippen molar-refractivity contribution in [3.8, 4) is 0 Å². The van der Waals surface area contributed by atoms with Crippen LogP contribution in [0.2, 0.25) is 0 Å². The third kappa shape index (κ3) is 3.45. The second-order valence-corrected chi connectivity index (χ2v) is 8.61. The first kappa shape index (κ1) is 18.1. The summed E-state index contributed by atoms with van der Waals surface area (Å²) >= 11 is 0. The van der Waals surface area contributed by atoms with Gasteiger partial charge in [-0.1, -0.05) is 0 Å². The van der Waals surface area contributed by atoms with Crippen LogP contribution < -0.4 is 9.62 Å². The Labute approximate surface area is 152 Å². The fraction of sp³-hybridized carbons (Fsp3) is 0.278. The first-order valence-electron chi connectivity index (χ1n) is 8.05. The molecule has 1 aliphatic heterocycles. The fourth-order valence-electron chi connectivity index (χ4n) is 2.79. The average molecular weight is 373 g/mol. The summed E-state index contributed by atoms with van der Waals surface area (Å²) in [4.78, 5) is 28.5. The van der Waals surface area contributed by atoms with E-state index in [1.165, 1.54) is 24.3 Å². The molecule has 1 aliphatic rings. The monoisotopic (exact) mass is 373 g/mol. The summed E-state index contributed by atoms with van der Waals surface area (Å²) in [5, 5.41) is 2.78. The minimum absolute atomic E-state index is 0.229. The van der Waals surface area contributed by atoms with Gasteiger partial charge in [0.05, 0.1) is 16.9 Å². The van der Waals surface area contributed by atoms with Gasteiger partial charge in [-0.2, -0.15) is 0 Å². The molecule has 3 rings (SSSR count). The number of anilines is 1. The molecule has 1 saturated heterocycles. The Morgan fingerprint density at radius 3 is 2.31 bits per heavy atom. The smallest absolute Gasteiger partial charge is 0.251 e. The normalized spacial score (nSPS) is 17.9. The van der Waals surface area contributed by atoms with Crippen LogP contribution in [0.5, 0.6) is 0 Å². The van der Waals surface area contributed by atoms with Crippen LogP contribution in [0.1, 0.15) is 29.8 Å². The number of carbonyl (C=O) groups is 2. The van der Waals surface area contributed by atoms with E-state index >= 15 is 0 Å². The lowest BCUT2D eigenvalue weighted by Gasteiger charge is -2.17. The molecule has 0 aliphatic carbocycles. The van der Waals surface area contributed by atoms with Crippen molar-refractivity contribution in [2.24, 2.45) is 5.41 Å². The minimum Gasteiger partial charge on any atom is -0.348 e. The number of sulfonamides is 1. The number of aromatic nitrogens is 1. The molecule has 1 aromatic carbocycles. The standard InChI is InChI=1S/C18H19N3O4S/c1-18(2)12-26(24,25)21(17(18)23)15-5-3-14(4-6-15)16(22)20-11-13-7-9-19-10-8-13/h3-10H,11-12H2,1-2H3,(H,20,22). The number of hydrogen-bond acceptors (Lipinski definition) is 5. The van der Waals surface area contributed by atoms with Crippen molar-refractivity contribution in [2.45, 2.75) is 20.4 Å². The molecular weight excluding hydrogens is 354 g/mol. The van der Waals surface area contributed by atoms with E-state index in [1.54, 1.807) is 38.4 Å². The van der Waals surface area contributed by atoms with Crippen molar-refractivity contribution in [2.75, 3.05) is 10.1 Å². The second kappa shape index (κ2) is 6.53. The highest BCUT2D eigenvalue weighted by Crippen LogP contribution is 2.35. The molecule has 2 aromatic rings. The third-order valence-electron chi connectivity index (χ3n) is 4.15. The molecule has 0 atom stereocenters. The number of hydrogen-bond donors (Lipinski definition) is 1. The maximum absolute atomic E-state index is 12.4. The van der Waals surface area contributed by atoms with Crippen LogP contribution in [0.3, 0.4) is 0 Å². The van der Waals surface area contributed by atoms with E-state index in [0.29, 0.717) is 12.1 Å². The highest BCUT2D eigenvalue weighted by atomic mass is 32.2. The van der Waals surface area contributed by atoms with Gasteiger partial charge in [0.2, 0.25) is 15.9 Å². The number of benzene rings is 1. The molecule has 1 N–H and O–H groups in total. The number of carbonyl (C=O) groups excluding carboxylic acids is 2. The molecular formula is C18H19N3O4S. The summed E-state index contributed by atoms with van der Waals surface area (Å²) in [7, 11) is -3.70. The number of nitrogens with one attached hydrogen (secondary N) is 1. The number of nitrogens with zero attached hydrogens (tertiary/aromatic N) is 2. The maximum atomic E-state index is 12.4. The molecule has 1 aromatic heterocycles. The lowest BCUT2D eigenvalue weighted by molar-refractivity contribution is -0.123. The third-order valence-corrected chi connectivity index (χ3v) is 6.17. The molecule has 136 valence electrons. The summed E-state index contributed by atoms with van der Waals surface area (Å²) in [6.07, 6.45) is 3.29. The molecule has 2 amide bonds. The van der Waals surface area contributed by atoms with Gasteiger partial charge in [-0.25, -0.2) is 12.7 Å². The molecule has 0 saturated carbocycles. The Bertz CT molecular complexity index is 938. The molecule has 8 heteroatoms. The Kier molecular flexibility index (Phi) is 4.53. The Hall–Kier alpha value is -2.74. The average Bonchev–Trinajstić information content (AvgIpc) is 2.76. The van der Waals surface area contributed by atoms with E-state index in [0.717, 1.165) is 9.87 Å². The summed E-state index contributed by atoms with van der Waals surface area (Å²) in [6.45, 7) is 3.57. The Balaban J connectivity index is 1.74. The van der Waals surface area contributed by atoms with E-state index in [4.69, 9.17) is 0 Å². The largest absolute Gasteiger partial charge is 0.348 e. The van der Waals surface area contributed by atoms with Gasteiger partial charge in [0.25, 0.3) is 5.91 Å². The van der Waals surface area contributed by atoms with Gasteiger partial charge in [0.15, 0.2) is 0 Å². The summed E-state index contributed by atoms with van der Waals surface area (Å²) in [5.41, 5.74) is 0.581. The van der Waals surface area contributed by atoms with E-state index in [2.05, 4.69) is 10.3 Å². The van der Waals surface area contributed by atoms with E-state index in [1.807, 2.05) is 0 Å². The maximum Gasteiger partial charge on any atom is 0.251 e. The van der Waals surface area contributed by atoms with Crippen LogP contribution in [0.4, 0.5) is 5.69 Å². The van der Waals surface area contributed by atoms with Crippen LogP contribution in [0.15, 0.2) is 48.8 Å². The van der Waals surface area contributed by atoms with Crippen molar-refractivity contribution >= 4 is 27.5 Å². The van der Waals surface area contributed by atoms with E-state index in [9.17, 15) is 18.0 Å². The highest BCUT2D eigenvalue weighted by Gasteiger charge is 2.49. The van der Waals surface area contributed by atoms with Gasteiger partial charge in [-0.3, -0.25) is 14.6 Å². The van der Waals surface area contributed by atoms with Crippen LogP contribution in [-0.4, -0.2) is 31.0 Å². The van der Waals surface area contributed by atoms with Crippen LogP contribution in [0, 0.1) is 5.41 Å². The first-order valence-corrected chi connectivity index (χ1v) is 9.66. The quantitative estimate of drug-likeness (QED) is 0.880. The molecule has 7 nitrogen and oxygen atoms in total. The summed E-state index contributed by atoms with van der Waals surface area (Å²) in [5.74, 6) is -0.982. The van der Waals surface area contributed by atoms with E-state index < -0.39 is 21.3 Å². The lowest BCUT2D eigenvalue weighted by atomic mass is 9.95. The van der Waals surface area contributed by atoms with Gasteiger partial charge in [0.1, 0.15) is 0 Å². The molecule has 0 bridgehead atoms. The SMILES string of the molecule is CC1(C)CS(=O)(=O)N(c2ccc(C(=O)NCc3ccncc3)cc2)C1=O. The van der Waals surface area contributed by atoms with Gasteiger partial charge >= 0.3 is 0 Å². The molecule has 26 heavy (non-hydrogen) atoms. The Morgan fingerprint density at radius 2 is 1.77 bits per heavy atom. The van der Waals surface area contributed by atoms with Crippen molar-refractivity contribution in [1.82, 2.24) is 10.3 Å². The fourth-order valence-corrected chi connectivity index (χ4v) is 4.90. The summed E-state index contributed by atoms with van der Waals surface area (Å²) in [6, 6.07) is 9.55. The zero-order chi connectivity index (χ0) is 18.9. The predicted molar refractivity (Wildman–Crippen MR) is 96.9 cm³/mol. The first-order chi connectivity index (χ1) is 12.2. The molecule has 0 radical (unpaired) electrons. The predicted octanol–water partition coefficient (Wildman–Crippen LogP) is 1.71. The number of rotatable bonds is 4. The van der Waals surface area contributed by atoms with Gasteiger partial charge in [0, 0.05) is 24.5 Å². The van der Waals surface area contributed by atoms with Crippen LogP contribution >= 0.6 is 0 Å². The number of pyridine rings is 1. The van der Waals surface area contributed by atoms with Crippen LogP contribution in [0.25, 0.3) is 0 Å². The molecule has 1 fully saturated rings. The second-order valence-electron chi connectivity index (χ2n) is 6.79. The highest BCUT2D eigenvalue weighted by molar-refractivity contribution is 7.94. The van der Waals surface area contributed by atoms with Crippen molar-refractivity contribution in [3.63, 3.8) is 0 Å². The minimum atomic E-state index is -3.70. The Morgan fingerprint density at radius 1 is 1.15 bits per heavy atom. The van der Waals surface area contributed by atoms with Crippen LogP contribution in [-0.2, 0) is 21.4 Å². The van der Waals surface area contributed by atoms with Gasteiger partial charge in [-0.05, 0) is 55.8 Å². The van der Waals surface area contributed by atoms with Gasteiger partial charge in [-0.15, -0.1) is 0 Å². The summed E-state index contributed by atoms with van der Waals surface area (Å²) < 4.78 is 25.4. The number of amides is 2. The van der Waals surface area contributed by atoms with Crippen molar-refractivity contribution in [1.29, 1.82) is 0 Å². The van der Waals surface area contributed by atoms with Crippen molar-refractivity contribution in [3.05, 3.63) is 59.9 Å². The molecule has 0 unspecified atom stereocenters. The topological polar surface area (TPSA) is 96.4 Å². The van der Waals surface area contributed by atoms with Gasteiger partial charge < -0.3 is 5.32 Å². The zero-order valence-electron chi connectivity index (χ0n) is 14.5. The lowest BCUT2D eigenvalue weighted by Crippen LogP contribution is -2.33.